The molecule has 0 aliphatic rings. The van der Waals surface area contributed by atoms with E-state index >= 15 is 0 Å². The van der Waals surface area contributed by atoms with Gasteiger partial charge < -0.3 is 4.74 Å². The maximum absolute atomic E-state index is 13.6. The number of carbonyl (C=O) groups excluding carboxylic acids is 2. The van der Waals surface area contributed by atoms with Crippen molar-refractivity contribution >= 4 is 33.4 Å². The normalized spacial score (nSPS) is 11.5. The summed E-state index contributed by atoms with van der Waals surface area (Å²) in [5, 5.41) is -0.0774. The van der Waals surface area contributed by atoms with Crippen LogP contribution in [0.5, 0.6) is 0 Å². The number of Topliss-reactive ketones (excluding diaryl/α,β-unsaturated/α-hetero) is 1. The number of ketones is 1. The summed E-state index contributed by atoms with van der Waals surface area (Å²) in [6, 6.07) is 5.84. The summed E-state index contributed by atoms with van der Waals surface area (Å²) in [6.07, 6.45) is 0. The van der Waals surface area contributed by atoms with E-state index in [9.17, 15) is 26.8 Å². The van der Waals surface area contributed by atoms with Gasteiger partial charge in [0.15, 0.2) is 6.61 Å². The quantitative estimate of drug-likeness (QED) is 0.457. The van der Waals surface area contributed by atoms with Gasteiger partial charge in [0.2, 0.25) is 15.8 Å². The van der Waals surface area contributed by atoms with E-state index in [1.807, 2.05) is 0 Å². The van der Waals surface area contributed by atoms with E-state index in [1.54, 1.807) is 13.8 Å². The van der Waals surface area contributed by atoms with Crippen molar-refractivity contribution in [3.8, 4) is 0 Å². The highest BCUT2D eigenvalue weighted by Gasteiger charge is 2.26. The molecule has 156 valence electrons. The first-order valence-electron chi connectivity index (χ1n) is 8.56. The highest BCUT2D eigenvalue weighted by atomic mass is 35.5. The Morgan fingerprint density at radius 3 is 2.34 bits per heavy atom. The van der Waals surface area contributed by atoms with Gasteiger partial charge in [-0.2, -0.15) is 4.31 Å². The van der Waals surface area contributed by atoms with Crippen molar-refractivity contribution in [2.24, 2.45) is 0 Å². The topological polar surface area (TPSA) is 80.8 Å². The van der Waals surface area contributed by atoms with Gasteiger partial charge in [-0.3, -0.25) is 4.79 Å². The molecule has 2 rings (SSSR count). The molecule has 0 atom stereocenters. The van der Waals surface area contributed by atoms with E-state index < -0.39 is 45.6 Å². The van der Waals surface area contributed by atoms with Gasteiger partial charge in [-0.25, -0.2) is 22.0 Å². The molecule has 0 amide bonds. The molecule has 0 fully saturated rings. The minimum Gasteiger partial charge on any atom is -0.454 e. The van der Waals surface area contributed by atoms with Gasteiger partial charge in [-0.15, -0.1) is 0 Å². The first-order valence-corrected chi connectivity index (χ1v) is 10.4. The summed E-state index contributed by atoms with van der Waals surface area (Å²) < 4.78 is 58.1. The van der Waals surface area contributed by atoms with Crippen LogP contribution in [-0.2, 0) is 14.8 Å². The molecule has 0 aliphatic heterocycles. The average molecular weight is 446 g/mol. The molecule has 0 heterocycles. The van der Waals surface area contributed by atoms with Crippen LogP contribution in [0.3, 0.4) is 0 Å². The monoisotopic (exact) mass is 445 g/mol. The molecule has 2 aromatic rings. The summed E-state index contributed by atoms with van der Waals surface area (Å²) in [5.41, 5.74) is -0.716. The number of halogens is 3. The van der Waals surface area contributed by atoms with E-state index in [0.717, 1.165) is 18.2 Å². The summed E-state index contributed by atoms with van der Waals surface area (Å²) in [6.45, 7) is 2.88. The smallest absolute Gasteiger partial charge is 0.338 e. The van der Waals surface area contributed by atoms with Gasteiger partial charge in [-0.05, 0) is 36.4 Å². The molecular weight excluding hydrogens is 428 g/mol. The van der Waals surface area contributed by atoms with E-state index in [4.69, 9.17) is 16.3 Å². The molecule has 0 aliphatic carbocycles. The molecule has 0 unspecified atom stereocenters. The van der Waals surface area contributed by atoms with Crippen LogP contribution < -0.4 is 0 Å². The molecule has 0 spiro atoms. The molecule has 6 nitrogen and oxygen atoms in total. The van der Waals surface area contributed by atoms with Crippen molar-refractivity contribution in [3.05, 3.63) is 64.2 Å². The van der Waals surface area contributed by atoms with E-state index in [1.165, 1.54) is 16.4 Å². The first-order chi connectivity index (χ1) is 13.6. The maximum atomic E-state index is 13.6. The maximum Gasteiger partial charge on any atom is 0.338 e. The third kappa shape index (κ3) is 5.17. The highest BCUT2D eigenvalue weighted by Crippen LogP contribution is 2.26. The van der Waals surface area contributed by atoms with Gasteiger partial charge in [0.1, 0.15) is 16.5 Å². The molecular formula is C19H18ClF2NO5S. The largest absolute Gasteiger partial charge is 0.454 e. The Hall–Kier alpha value is -2.36. The zero-order valence-electron chi connectivity index (χ0n) is 15.6. The predicted molar refractivity (Wildman–Crippen MR) is 103 cm³/mol. The molecule has 0 bridgehead atoms. The molecule has 2 aromatic carbocycles. The SMILES string of the molecule is CCN(CC)S(=O)(=O)c1cc(C(=O)OCC(=O)c2cc(F)ccc2F)ccc1Cl. The molecule has 0 saturated carbocycles. The first kappa shape index (κ1) is 22.9. The Labute approximate surface area is 172 Å². The van der Waals surface area contributed by atoms with E-state index in [2.05, 4.69) is 0 Å². The summed E-state index contributed by atoms with van der Waals surface area (Å²) in [5.74, 6) is -3.72. The number of hydrogen-bond acceptors (Lipinski definition) is 5. The van der Waals surface area contributed by atoms with Crippen LogP contribution in [0.25, 0.3) is 0 Å². The molecule has 29 heavy (non-hydrogen) atoms. The summed E-state index contributed by atoms with van der Waals surface area (Å²) >= 11 is 5.99. The van der Waals surface area contributed by atoms with Gasteiger partial charge in [0.05, 0.1) is 16.1 Å². The van der Waals surface area contributed by atoms with Gasteiger partial charge >= 0.3 is 5.97 Å². The Bertz CT molecular complexity index is 1040. The second-order valence-corrected chi connectivity index (χ2v) is 8.17. The van der Waals surface area contributed by atoms with Crippen molar-refractivity contribution in [2.75, 3.05) is 19.7 Å². The molecule has 0 N–H and O–H groups in total. The molecule has 0 aromatic heterocycles. The van der Waals surface area contributed by atoms with Crippen molar-refractivity contribution in [1.29, 1.82) is 0 Å². The van der Waals surface area contributed by atoms with Crippen LogP contribution >= 0.6 is 11.6 Å². The Kier molecular flexibility index (Phi) is 7.45. The van der Waals surface area contributed by atoms with Crippen LogP contribution in [0.4, 0.5) is 8.78 Å². The highest BCUT2D eigenvalue weighted by molar-refractivity contribution is 7.89. The van der Waals surface area contributed by atoms with Crippen LogP contribution in [-0.4, -0.2) is 44.2 Å². The van der Waals surface area contributed by atoms with Crippen molar-refractivity contribution < 1.29 is 31.5 Å². The second-order valence-electron chi connectivity index (χ2n) is 5.86. The molecule has 0 radical (unpaired) electrons. The number of nitrogens with zero attached hydrogens (tertiary/aromatic N) is 1. The lowest BCUT2D eigenvalue weighted by molar-refractivity contribution is 0.0473. The average Bonchev–Trinajstić information content (AvgIpc) is 2.68. The van der Waals surface area contributed by atoms with E-state index in [0.29, 0.717) is 6.07 Å². The van der Waals surface area contributed by atoms with Crippen molar-refractivity contribution in [2.45, 2.75) is 18.7 Å². The second kappa shape index (κ2) is 9.43. The Balaban J connectivity index is 2.22. The number of hydrogen-bond donors (Lipinski definition) is 0. The standard InChI is InChI=1S/C19H18ClF2NO5S/c1-3-23(4-2)29(26,27)18-9-12(5-7-15(18)20)19(25)28-11-17(24)14-10-13(21)6-8-16(14)22/h5-10H,3-4,11H2,1-2H3. The summed E-state index contributed by atoms with van der Waals surface area (Å²) in [4.78, 5) is 24.0. The molecule has 0 saturated heterocycles. The molecule has 10 heteroatoms. The van der Waals surface area contributed by atoms with Gasteiger partial charge in [0.25, 0.3) is 0 Å². The van der Waals surface area contributed by atoms with Gasteiger partial charge in [0, 0.05) is 13.1 Å². The zero-order valence-corrected chi connectivity index (χ0v) is 17.2. The van der Waals surface area contributed by atoms with Crippen LogP contribution in [0.1, 0.15) is 34.6 Å². The number of rotatable bonds is 8. The van der Waals surface area contributed by atoms with E-state index in [-0.39, 0.29) is 28.6 Å². The lowest BCUT2D eigenvalue weighted by Gasteiger charge is -2.19. The van der Waals surface area contributed by atoms with Crippen LogP contribution in [0, 0.1) is 11.6 Å². The van der Waals surface area contributed by atoms with Crippen LogP contribution in [0.15, 0.2) is 41.3 Å². The van der Waals surface area contributed by atoms with Gasteiger partial charge in [-0.1, -0.05) is 25.4 Å². The number of carbonyl (C=O) groups is 2. The Morgan fingerprint density at radius 1 is 1.07 bits per heavy atom. The third-order valence-electron chi connectivity index (χ3n) is 4.05. The fourth-order valence-electron chi connectivity index (χ4n) is 2.53. The van der Waals surface area contributed by atoms with Crippen LogP contribution in [0.2, 0.25) is 5.02 Å². The predicted octanol–water partition coefficient (Wildman–Crippen LogP) is 3.69. The number of ether oxygens (including phenoxy) is 1. The fourth-order valence-corrected chi connectivity index (χ4v) is 4.49. The lowest BCUT2D eigenvalue weighted by atomic mass is 10.1. The van der Waals surface area contributed by atoms with Crippen molar-refractivity contribution in [3.63, 3.8) is 0 Å². The minimum absolute atomic E-state index is 0.0774. The Morgan fingerprint density at radius 2 is 1.72 bits per heavy atom. The fraction of sp³-hybridized carbons (Fsp3) is 0.263. The number of benzene rings is 2. The lowest BCUT2D eigenvalue weighted by Crippen LogP contribution is -2.31. The third-order valence-corrected chi connectivity index (χ3v) is 6.58. The zero-order chi connectivity index (χ0) is 21.8. The number of sulfonamides is 1. The number of esters is 1. The summed E-state index contributed by atoms with van der Waals surface area (Å²) in [7, 11) is -3.94. The van der Waals surface area contributed by atoms with Crippen molar-refractivity contribution in [1.82, 2.24) is 4.31 Å². The minimum atomic E-state index is -3.94.